The maximum Gasteiger partial charge on any atom is 0.134 e. The summed E-state index contributed by atoms with van der Waals surface area (Å²) >= 11 is 0. The Hall–Kier alpha value is -2.97. The van der Waals surface area contributed by atoms with Gasteiger partial charge < -0.3 is 4.42 Å². The summed E-state index contributed by atoms with van der Waals surface area (Å²) in [4.78, 5) is 3.00. The largest absolute Gasteiger partial charge is 0.461 e. The molecule has 0 spiro atoms. The summed E-state index contributed by atoms with van der Waals surface area (Å²) in [6.07, 6.45) is 0. The summed E-state index contributed by atoms with van der Waals surface area (Å²) in [5, 5.41) is 3.95. The van der Waals surface area contributed by atoms with Crippen LogP contribution in [0.1, 0.15) is 22.9 Å². The van der Waals surface area contributed by atoms with Gasteiger partial charge in [-0.25, -0.2) is 0 Å². The van der Waals surface area contributed by atoms with Gasteiger partial charge in [0.1, 0.15) is 11.5 Å². The van der Waals surface area contributed by atoms with E-state index in [0.29, 0.717) is 0 Å². The highest BCUT2D eigenvalue weighted by Gasteiger charge is 2.19. The molecule has 1 heterocycles. The highest BCUT2D eigenvalue weighted by atomic mass is 16.3. The van der Waals surface area contributed by atoms with E-state index in [-0.39, 0.29) is 6.04 Å². The van der Waals surface area contributed by atoms with E-state index in [1.807, 2.05) is 73.7 Å². The smallest absolute Gasteiger partial charge is 0.134 e. The molecule has 0 saturated carbocycles. The van der Waals surface area contributed by atoms with Crippen molar-refractivity contribution in [2.45, 2.75) is 13.0 Å². The Kier molecular flexibility index (Phi) is 3.95. The van der Waals surface area contributed by atoms with E-state index in [4.69, 9.17) is 9.95 Å². The van der Waals surface area contributed by atoms with Crippen LogP contribution < -0.4 is 0 Å². The molecule has 4 nitrogen and oxygen atoms in total. The van der Waals surface area contributed by atoms with Crippen LogP contribution in [0.15, 0.2) is 76.3 Å². The minimum atomic E-state index is -0.382. The molecule has 0 aliphatic heterocycles. The maximum absolute atomic E-state index is 8.90. The maximum atomic E-state index is 8.90. The minimum absolute atomic E-state index is 0.382. The van der Waals surface area contributed by atoms with Gasteiger partial charge in [-0.2, -0.15) is 0 Å². The van der Waals surface area contributed by atoms with Crippen molar-refractivity contribution in [1.82, 2.24) is 0 Å². The minimum Gasteiger partial charge on any atom is -0.461 e. The fraction of sp³-hybridized carbons (Fsp3) is 0.111. The van der Waals surface area contributed by atoms with Gasteiger partial charge in [-0.1, -0.05) is 65.8 Å². The van der Waals surface area contributed by atoms with Gasteiger partial charge in [0, 0.05) is 16.0 Å². The lowest BCUT2D eigenvalue weighted by Crippen LogP contribution is -1.96. The van der Waals surface area contributed by atoms with Crippen LogP contribution in [-0.4, -0.2) is 0 Å². The fourth-order valence-corrected chi connectivity index (χ4v) is 2.51. The van der Waals surface area contributed by atoms with Gasteiger partial charge in [0.05, 0.1) is 6.04 Å². The number of rotatable bonds is 4. The molecule has 1 atom stereocenters. The third kappa shape index (κ3) is 2.73. The van der Waals surface area contributed by atoms with E-state index >= 15 is 0 Å². The monoisotopic (exact) mass is 289 g/mol. The third-order valence-electron chi connectivity index (χ3n) is 3.59. The Bertz CT molecular complexity index is 803. The summed E-state index contributed by atoms with van der Waals surface area (Å²) in [7, 11) is 0. The van der Waals surface area contributed by atoms with Gasteiger partial charge in [0.2, 0.25) is 0 Å². The van der Waals surface area contributed by atoms with Crippen molar-refractivity contribution in [2.24, 2.45) is 5.11 Å². The van der Waals surface area contributed by atoms with Crippen molar-refractivity contribution >= 4 is 0 Å². The number of azide groups is 1. The second-order valence-electron chi connectivity index (χ2n) is 5.01. The highest BCUT2D eigenvalue weighted by molar-refractivity contribution is 5.59. The second kappa shape index (κ2) is 6.20. The Morgan fingerprint density at radius 2 is 1.64 bits per heavy atom. The first-order chi connectivity index (χ1) is 10.8. The molecular formula is C18H15N3O. The van der Waals surface area contributed by atoms with Crippen molar-refractivity contribution in [3.63, 3.8) is 0 Å². The molecule has 108 valence electrons. The molecule has 0 N–H and O–H groups in total. The molecule has 1 unspecified atom stereocenters. The van der Waals surface area contributed by atoms with Crippen LogP contribution in [0, 0.1) is 6.92 Å². The quantitative estimate of drug-likeness (QED) is 0.347. The zero-order chi connectivity index (χ0) is 15.4. The van der Waals surface area contributed by atoms with Crippen LogP contribution in [0.2, 0.25) is 0 Å². The van der Waals surface area contributed by atoms with Gasteiger partial charge in [0.25, 0.3) is 0 Å². The molecule has 22 heavy (non-hydrogen) atoms. The van der Waals surface area contributed by atoms with E-state index in [0.717, 1.165) is 28.2 Å². The average molecular weight is 289 g/mol. The Morgan fingerprint density at radius 3 is 2.27 bits per heavy atom. The number of furan rings is 1. The lowest BCUT2D eigenvalue weighted by molar-refractivity contribution is 0.541. The third-order valence-corrected chi connectivity index (χ3v) is 3.59. The van der Waals surface area contributed by atoms with Crippen molar-refractivity contribution in [3.05, 3.63) is 94.1 Å². The van der Waals surface area contributed by atoms with Crippen LogP contribution in [0.4, 0.5) is 0 Å². The molecule has 0 aliphatic carbocycles. The van der Waals surface area contributed by atoms with E-state index in [1.165, 1.54) is 0 Å². The molecule has 0 fully saturated rings. The molecule has 0 radical (unpaired) electrons. The molecular weight excluding hydrogens is 274 g/mol. The molecule has 0 amide bonds. The fourth-order valence-electron chi connectivity index (χ4n) is 2.51. The lowest BCUT2D eigenvalue weighted by atomic mass is 9.99. The van der Waals surface area contributed by atoms with Crippen molar-refractivity contribution in [1.29, 1.82) is 0 Å². The summed E-state index contributed by atoms with van der Waals surface area (Å²) in [6.45, 7) is 1.89. The van der Waals surface area contributed by atoms with Gasteiger partial charge in [-0.15, -0.1) is 0 Å². The standard InChI is InChI=1S/C18H15N3O/c1-13-16(12-17(22-13)14-8-4-2-5-9-14)18(20-21-19)15-10-6-3-7-11-15/h2-12,18H,1H3. The van der Waals surface area contributed by atoms with Crippen LogP contribution >= 0.6 is 0 Å². The zero-order valence-electron chi connectivity index (χ0n) is 12.2. The Balaban J connectivity index is 2.06. The molecule has 4 heteroatoms. The van der Waals surface area contributed by atoms with Crippen LogP contribution in [0.3, 0.4) is 0 Å². The van der Waals surface area contributed by atoms with E-state index in [9.17, 15) is 0 Å². The summed E-state index contributed by atoms with van der Waals surface area (Å²) < 4.78 is 5.87. The molecule has 3 aromatic rings. The van der Waals surface area contributed by atoms with E-state index in [1.54, 1.807) is 0 Å². The van der Waals surface area contributed by atoms with Gasteiger partial charge in [0.15, 0.2) is 0 Å². The van der Waals surface area contributed by atoms with E-state index < -0.39 is 0 Å². The first-order valence-electron chi connectivity index (χ1n) is 7.04. The molecule has 3 rings (SSSR count). The first-order valence-corrected chi connectivity index (χ1v) is 7.04. The van der Waals surface area contributed by atoms with Crippen molar-refractivity contribution in [2.75, 3.05) is 0 Å². The summed E-state index contributed by atoms with van der Waals surface area (Å²) in [5.74, 6) is 1.54. The normalized spacial score (nSPS) is 11.7. The summed E-state index contributed by atoms with van der Waals surface area (Å²) in [6, 6.07) is 21.2. The van der Waals surface area contributed by atoms with Crippen LogP contribution in [0.5, 0.6) is 0 Å². The highest BCUT2D eigenvalue weighted by Crippen LogP contribution is 2.34. The number of hydrogen-bond acceptors (Lipinski definition) is 2. The lowest BCUT2D eigenvalue weighted by Gasteiger charge is -2.10. The number of nitrogens with zero attached hydrogens (tertiary/aromatic N) is 3. The average Bonchev–Trinajstić information content (AvgIpc) is 2.96. The second-order valence-corrected chi connectivity index (χ2v) is 5.01. The van der Waals surface area contributed by atoms with Gasteiger partial charge >= 0.3 is 0 Å². The van der Waals surface area contributed by atoms with Crippen LogP contribution in [-0.2, 0) is 0 Å². The molecule has 0 saturated heterocycles. The Morgan fingerprint density at radius 1 is 1.00 bits per heavy atom. The Labute approximate surface area is 128 Å². The van der Waals surface area contributed by atoms with Gasteiger partial charge in [-0.05, 0) is 24.1 Å². The first kappa shape index (κ1) is 14.0. The zero-order valence-corrected chi connectivity index (χ0v) is 12.2. The SMILES string of the molecule is Cc1oc(-c2ccccc2)cc1C(N=[N+]=[N-])c1ccccc1. The molecule has 2 aromatic carbocycles. The summed E-state index contributed by atoms with van der Waals surface area (Å²) in [5.41, 5.74) is 11.7. The van der Waals surface area contributed by atoms with Crippen molar-refractivity contribution < 1.29 is 4.42 Å². The number of benzene rings is 2. The predicted octanol–water partition coefficient (Wildman–Crippen LogP) is 5.65. The molecule has 0 bridgehead atoms. The number of aryl methyl sites for hydroxylation is 1. The molecule has 0 aliphatic rings. The number of hydrogen-bond donors (Lipinski definition) is 0. The topological polar surface area (TPSA) is 61.9 Å². The van der Waals surface area contributed by atoms with E-state index in [2.05, 4.69) is 10.0 Å². The molecule has 1 aromatic heterocycles. The van der Waals surface area contributed by atoms with Crippen molar-refractivity contribution in [3.8, 4) is 11.3 Å². The van der Waals surface area contributed by atoms with Gasteiger partial charge in [-0.3, -0.25) is 0 Å². The van der Waals surface area contributed by atoms with Crippen LogP contribution in [0.25, 0.3) is 21.8 Å². The predicted molar refractivity (Wildman–Crippen MR) is 86.3 cm³/mol.